The normalized spacial score (nSPS) is 15.3. The third kappa shape index (κ3) is 4.82. The molecule has 0 saturated heterocycles. The van der Waals surface area contributed by atoms with Gasteiger partial charge in [-0.3, -0.25) is 4.79 Å². The summed E-state index contributed by atoms with van der Waals surface area (Å²) in [4.78, 5) is 13.0. The highest BCUT2D eigenvalue weighted by molar-refractivity contribution is 5.91. The van der Waals surface area contributed by atoms with Gasteiger partial charge in [-0.1, -0.05) is 18.2 Å². The van der Waals surface area contributed by atoms with Crippen molar-refractivity contribution in [1.82, 2.24) is 0 Å². The fraction of sp³-hybridized carbons (Fsp3) is 0.278. The second-order valence-corrected chi connectivity index (χ2v) is 5.92. The number of ether oxygens (including phenoxy) is 3. The van der Waals surface area contributed by atoms with E-state index in [-0.39, 0.29) is 24.0 Å². The van der Waals surface area contributed by atoms with Crippen LogP contribution in [-0.2, 0) is 4.79 Å². The number of quaternary nitrogens is 1. The first-order valence-corrected chi connectivity index (χ1v) is 8.10. The Morgan fingerprint density at radius 1 is 1.15 bits per heavy atom. The lowest BCUT2D eigenvalue weighted by molar-refractivity contribution is -0.871. The Balaban J connectivity index is 1.44. The van der Waals surface area contributed by atoms with Gasteiger partial charge in [-0.25, -0.2) is 0 Å². The predicted octanol–water partition coefficient (Wildman–Crippen LogP) is 1.54. The van der Waals surface area contributed by atoms with Crippen molar-refractivity contribution in [3.05, 3.63) is 48.5 Å². The van der Waals surface area contributed by atoms with Crippen molar-refractivity contribution >= 4 is 11.6 Å². The number of benzene rings is 2. The molecule has 2 aromatic carbocycles. The van der Waals surface area contributed by atoms with Gasteiger partial charge in [-0.15, -0.1) is 8.78 Å². The van der Waals surface area contributed by atoms with Crippen molar-refractivity contribution in [2.24, 2.45) is 0 Å². The molecular formula is C18H19F2N2O4+. The molecule has 8 heteroatoms. The molecule has 0 spiro atoms. The summed E-state index contributed by atoms with van der Waals surface area (Å²) in [5, 5.41) is 2.66. The number of halogens is 2. The van der Waals surface area contributed by atoms with E-state index < -0.39 is 6.29 Å². The molecule has 0 radical (unpaired) electrons. The molecule has 3 rings (SSSR count). The number of likely N-dealkylation sites (N-methyl/N-ethyl adjacent to an activating group) is 1. The van der Waals surface area contributed by atoms with E-state index in [0.29, 0.717) is 18.8 Å². The largest absolute Gasteiger partial charge is 0.586 e. The lowest BCUT2D eigenvalue weighted by Gasteiger charge is -2.14. The number of para-hydroxylation sites is 1. The molecule has 1 heterocycles. The van der Waals surface area contributed by atoms with Crippen molar-refractivity contribution in [1.29, 1.82) is 0 Å². The summed E-state index contributed by atoms with van der Waals surface area (Å²) in [7, 11) is 1.87. The second kappa shape index (κ2) is 7.57. The van der Waals surface area contributed by atoms with Gasteiger partial charge in [-0.2, -0.15) is 0 Å². The third-order valence-electron chi connectivity index (χ3n) is 3.69. The van der Waals surface area contributed by atoms with Gasteiger partial charge in [0.05, 0.1) is 7.05 Å². The summed E-state index contributed by atoms with van der Waals surface area (Å²) in [6.45, 7) is 1.32. The van der Waals surface area contributed by atoms with Gasteiger partial charge in [-0.05, 0) is 24.3 Å². The van der Waals surface area contributed by atoms with E-state index in [0.717, 1.165) is 10.6 Å². The molecule has 0 aliphatic carbocycles. The zero-order chi connectivity index (χ0) is 18.6. The monoisotopic (exact) mass is 365 g/mol. The number of amides is 1. The summed E-state index contributed by atoms with van der Waals surface area (Å²) in [6.07, 6.45) is -3.67. The molecule has 1 unspecified atom stereocenters. The highest BCUT2D eigenvalue weighted by Crippen LogP contribution is 2.42. The van der Waals surface area contributed by atoms with E-state index in [9.17, 15) is 13.6 Å². The smallest absolute Gasteiger partial charge is 0.488 e. The quantitative estimate of drug-likeness (QED) is 0.782. The maximum Gasteiger partial charge on any atom is 0.586 e. The van der Waals surface area contributed by atoms with Crippen LogP contribution < -0.4 is 24.4 Å². The Bertz CT molecular complexity index is 771. The molecule has 2 N–H and O–H groups in total. The lowest BCUT2D eigenvalue weighted by atomic mass is 10.2. The van der Waals surface area contributed by atoms with Crippen LogP contribution in [0.15, 0.2) is 48.5 Å². The average molecular weight is 365 g/mol. The third-order valence-corrected chi connectivity index (χ3v) is 3.69. The molecule has 1 atom stereocenters. The van der Waals surface area contributed by atoms with Gasteiger partial charge in [0, 0.05) is 11.8 Å². The molecule has 0 aromatic heterocycles. The number of anilines is 1. The highest BCUT2D eigenvalue weighted by Gasteiger charge is 2.43. The minimum atomic E-state index is -3.67. The molecule has 0 saturated carbocycles. The topological polar surface area (TPSA) is 61.2 Å². The number of carbonyl (C=O) groups is 1. The van der Waals surface area contributed by atoms with Crippen LogP contribution in [0.3, 0.4) is 0 Å². The molecule has 138 valence electrons. The summed E-state index contributed by atoms with van der Waals surface area (Å²) >= 11 is 0. The Kier molecular flexibility index (Phi) is 5.22. The first kappa shape index (κ1) is 17.9. The Hall–Kier alpha value is -2.87. The SMILES string of the molecule is C[NH+](CCOc1ccccc1)CC(=O)Nc1ccc2c(c1)OC(F)(F)O2. The molecule has 2 aromatic rings. The van der Waals surface area contributed by atoms with E-state index in [1.165, 1.54) is 18.2 Å². The van der Waals surface area contributed by atoms with E-state index in [2.05, 4.69) is 14.8 Å². The molecule has 0 bridgehead atoms. The fourth-order valence-electron chi connectivity index (χ4n) is 2.45. The van der Waals surface area contributed by atoms with Crippen LogP contribution in [0.25, 0.3) is 0 Å². The first-order chi connectivity index (χ1) is 12.4. The van der Waals surface area contributed by atoms with Crippen LogP contribution in [0, 0.1) is 0 Å². The summed E-state index contributed by atoms with van der Waals surface area (Å²) in [6, 6.07) is 13.5. The van der Waals surface area contributed by atoms with E-state index in [1.807, 2.05) is 37.4 Å². The number of hydrogen-bond donors (Lipinski definition) is 2. The van der Waals surface area contributed by atoms with Crippen molar-refractivity contribution < 1.29 is 32.7 Å². The van der Waals surface area contributed by atoms with Crippen molar-refractivity contribution in [2.75, 3.05) is 32.1 Å². The Morgan fingerprint density at radius 2 is 1.88 bits per heavy atom. The molecular weight excluding hydrogens is 346 g/mol. The molecule has 0 fully saturated rings. The molecule has 1 aliphatic rings. The second-order valence-electron chi connectivity index (χ2n) is 5.92. The average Bonchev–Trinajstić information content (AvgIpc) is 2.88. The van der Waals surface area contributed by atoms with Crippen molar-refractivity contribution in [3.63, 3.8) is 0 Å². The van der Waals surface area contributed by atoms with Crippen molar-refractivity contribution in [2.45, 2.75) is 6.29 Å². The summed E-state index contributed by atoms with van der Waals surface area (Å²) < 4.78 is 40.3. The van der Waals surface area contributed by atoms with Crippen LogP contribution in [-0.4, -0.2) is 38.9 Å². The van der Waals surface area contributed by atoms with Gasteiger partial charge in [0.1, 0.15) is 18.9 Å². The standard InChI is InChI=1S/C18H18F2N2O4/c1-22(9-10-24-14-5-3-2-4-6-14)12-17(23)21-13-7-8-15-16(11-13)26-18(19,20)25-15/h2-8,11H,9-10,12H2,1H3,(H,21,23)/p+1. The van der Waals surface area contributed by atoms with E-state index in [4.69, 9.17) is 4.74 Å². The van der Waals surface area contributed by atoms with Crippen molar-refractivity contribution in [3.8, 4) is 17.2 Å². The lowest BCUT2D eigenvalue weighted by Crippen LogP contribution is -3.10. The van der Waals surface area contributed by atoms with Crippen LogP contribution >= 0.6 is 0 Å². The molecule has 6 nitrogen and oxygen atoms in total. The maximum atomic E-state index is 13.0. The van der Waals surface area contributed by atoms with Crippen LogP contribution in [0.4, 0.5) is 14.5 Å². The van der Waals surface area contributed by atoms with Gasteiger partial charge in [0.2, 0.25) is 0 Å². The number of carbonyl (C=O) groups excluding carboxylic acids is 1. The minimum absolute atomic E-state index is 0.0613. The molecule has 26 heavy (non-hydrogen) atoms. The fourth-order valence-corrected chi connectivity index (χ4v) is 2.45. The number of rotatable bonds is 7. The number of hydrogen-bond acceptors (Lipinski definition) is 4. The van der Waals surface area contributed by atoms with E-state index in [1.54, 1.807) is 0 Å². The number of fused-ring (bicyclic) bond motifs is 1. The van der Waals surface area contributed by atoms with E-state index >= 15 is 0 Å². The Morgan fingerprint density at radius 3 is 2.65 bits per heavy atom. The zero-order valence-electron chi connectivity index (χ0n) is 14.1. The van der Waals surface area contributed by atoms with Gasteiger partial charge < -0.3 is 24.4 Å². The maximum absolute atomic E-state index is 13.0. The van der Waals surface area contributed by atoms with Crippen LogP contribution in [0.2, 0.25) is 0 Å². The Labute approximate surface area is 149 Å². The molecule has 1 amide bonds. The number of alkyl halides is 2. The summed E-state index contributed by atoms with van der Waals surface area (Å²) in [5.74, 6) is 0.369. The number of nitrogens with one attached hydrogen (secondary N) is 2. The van der Waals surface area contributed by atoms with Crippen LogP contribution in [0.1, 0.15) is 0 Å². The highest BCUT2D eigenvalue weighted by atomic mass is 19.3. The molecule has 1 aliphatic heterocycles. The van der Waals surface area contributed by atoms with Gasteiger partial charge in [0.25, 0.3) is 5.91 Å². The van der Waals surface area contributed by atoms with Gasteiger partial charge >= 0.3 is 6.29 Å². The summed E-state index contributed by atoms with van der Waals surface area (Å²) in [5.41, 5.74) is 0.364. The van der Waals surface area contributed by atoms with Gasteiger partial charge in [0.15, 0.2) is 18.0 Å². The first-order valence-electron chi connectivity index (χ1n) is 8.10. The zero-order valence-corrected chi connectivity index (χ0v) is 14.1. The minimum Gasteiger partial charge on any atom is -0.488 e. The predicted molar refractivity (Wildman–Crippen MR) is 89.8 cm³/mol. The van der Waals surface area contributed by atoms with Crippen LogP contribution in [0.5, 0.6) is 17.2 Å².